The summed E-state index contributed by atoms with van der Waals surface area (Å²) >= 11 is 1.43. The zero-order valence-electron chi connectivity index (χ0n) is 13.4. The molecule has 0 unspecified atom stereocenters. The Balaban J connectivity index is 2.15. The van der Waals surface area contributed by atoms with Gasteiger partial charge in [0.05, 0.1) is 16.3 Å². The fourth-order valence-electron chi connectivity index (χ4n) is 2.54. The third-order valence-corrected chi connectivity index (χ3v) is 4.93. The summed E-state index contributed by atoms with van der Waals surface area (Å²) < 4.78 is 7.97. The third kappa shape index (κ3) is 2.65. The molecule has 0 spiro atoms. The first kappa shape index (κ1) is 16.1. The summed E-state index contributed by atoms with van der Waals surface area (Å²) in [5.74, 6) is -1.25. The van der Waals surface area contributed by atoms with Gasteiger partial charge in [0.15, 0.2) is 4.80 Å². The Morgan fingerprint density at radius 3 is 2.62 bits per heavy atom. The van der Waals surface area contributed by atoms with E-state index in [0.717, 1.165) is 27.4 Å². The average Bonchev–Trinajstić information content (AvgIpc) is 3.16. The fraction of sp³-hybridized carbons (Fsp3) is 0.250. The van der Waals surface area contributed by atoms with Crippen molar-refractivity contribution < 1.29 is 14.1 Å². The highest BCUT2D eigenvalue weighted by Gasteiger charge is 2.18. The van der Waals surface area contributed by atoms with Crippen LogP contribution in [0.2, 0.25) is 0 Å². The van der Waals surface area contributed by atoms with Crippen molar-refractivity contribution in [3.05, 3.63) is 56.1 Å². The largest absolute Gasteiger partial charge is 0.433 e. The molecular formula is C16H15N3O4S. The number of hydrogen-bond donors (Lipinski definition) is 0. The lowest BCUT2D eigenvalue weighted by Crippen LogP contribution is -2.16. The predicted octanol–water partition coefficient (Wildman–Crippen LogP) is 3.58. The maximum absolute atomic E-state index is 12.3. The molecule has 0 atom stereocenters. The highest BCUT2D eigenvalue weighted by Crippen LogP contribution is 2.25. The molecule has 0 N–H and O–H groups in total. The minimum atomic E-state index is -0.685. The van der Waals surface area contributed by atoms with Crippen molar-refractivity contribution in [2.45, 2.75) is 27.3 Å². The molecule has 124 valence electrons. The van der Waals surface area contributed by atoms with Gasteiger partial charge in [0.2, 0.25) is 5.76 Å². The van der Waals surface area contributed by atoms with Crippen LogP contribution in [0.3, 0.4) is 0 Å². The summed E-state index contributed by atoms with van der Waals surface area (Å²) in [6.45, 7) is 6.67. The fourth-order valence-corrected chi connectivity index (χ4v) is 3.77. The van der Waals surface area contributed by atoms with Gasteiger partial charge in [-0.2, -0.15) is 4.99 Å². The lowest BCUT2D eigenvalue weighted by Gasteiger charge is -2.04. The first-order valence-corrected chi connectivity index (χ1v) is 8.17. The zero-order valence-corrected chi connectivity index (χ0v) is 14.2. The first-order valence-electron chi connectivity index (χ1n) is 7.35. The van der Waals surface area contributed by atoms with Gasteiger partial charge in [-0.15, -0.1) is 0 Å². The molecule has 1 aromatic carbocycles. The molecule has 0 aliphatic heterocycles. The van der Waals surface area contributed by atoms with Gasteiger partial charge in [0.1, 0.15) is 4.92 Å². The van der Waals surface area contributed by atoms with Crippen molar-refractivity contribution in [1.82, 2.24) is 4.57 Å². The molecule has 1 amide bonds. The van der Waals surface area contributed by atoms with Crippen molar-refractivity contribution in [2.24, 2.45) is 4.99 Å². The molecule has 2 heterocycles. The van der Waals surface area contributed by atoms with E-state index in [1.807, 2.05) is 37.5 Å². The smallest absolute Gasteiger partial charge is 0.395 e. The van der Waals surface area contributed by atoms with Gasteiger partial charge in [0, 0.05) is 6.54 Å². The minimum Gasteiger partial charge on any atom is -0.395 e. The number of carbonyl (C=O) groups excluding carboxylic acids is 1. The highest BCUT2D eigenvalue weighted by molar-refractivity contribution is 7.16. The number of amides is 1. The normalized spacial score (nSPS) is 12.0. The van der Waals surface area contributed by atoms with E-state index in [1.54, 1.807) is 0 Å². The van der Waals surface area contributed by atoms with Gasteiger partial charge in [-0.05, 0) is 38.0 Å². The number of benzene rings is 1. The van der Waals surface area contributed by atoms with Crippen LogP contribution < -0.4 is 4.80 Å². The second kappa shape index (κ2) is 6.04. The monoisotopic (exact) mass is 345 g/mol. The second-order valence-corrected chi connectivity index (χ2v) is 6.30. The predicted molar refractivity (Wildman–Crippen MR) is 90.2 cm³/mol. The molecular weight excluding hydrogens is 330 g/mol. The number of hydrogen-bond acceptors (Lipinski definition) is 5. The quantitative estimate of drug-likeness (QED) is 0.536. The molecule has 8 heteroatoms. The molecule has 0 aliphatic carbocycles. The topological polar surface area (TPSA) is 90.6 Å². The van der Waals surface area contributed by atoms with Crippen molar-refractivity contribution in [3.63, 3.8) is 0 Å². The van der Waals surface area contributed by atoms with Crippen LogP contribution in [0.1, 0.15) is 28.6 Å². The van der Waals surface area contributed by atoms with Crippen LogP contribution in [0.5, 0.6) is 0 Å². The van der Waals surface area contributed by atoms with E-state index in [-0.39, 0.29) is 5.76 Å². The Morgan fingerprint density at radius 2 is 2.00 bits per heavy atom. The number of nitrogens with zero attached hydrogens (tertiary/aromatic N) is 3. The Kier molecular flexibility index (Phi) is 4.06. The van der Waals surface area contributed by atoms with E-state index in [9.17, 15) is 14.9 Å². The second-order valence-electron chi connectivity index (χ2n) is 5.32. The van der Waals surface area contributed by atoms with Gasteiger partial charge in [-0.25, -0.2) is 0 Å². The van der Waals surface area contributed by atoms with Gasteiger partial charge < -0.3 is 8.98 Å². The number of fused-ring (bicyclic) bond motifs is 1. The molecule has 0 aliphatic rings. The van der Waals surface area contributed by atoms with Crippen molar-refractivity contribution in [1.29, 1.82) is 0 Å². The van der Waals surface area contributed by atoms with E-state index in [0.29, 0.717) is 11.3 Å². The Bertz CT molecular complexity index is 1030. The maximum atomic E-state index is 12.3. The molecule has 0 saturated carbocycles. The van der Waals surface area contributed by atoms with Gasteiger partial charge in [-0.1, -0.05) is 23.5 Å². The highest BCUT2D eigenvalue weighted by atomic mass is 32.1. The van der Waals surface area contributed by atoms with Crippen LogP contribution in [0.4, 0.5) is 5.88 Å². The summed E-state index contributed by atoms with van der Waals surface area (Å²) in [7, 11) is 0. The number of aryl methyl sites for hydroxylation is 3. The first-order chi connectivity index (χ1) is 11.4. The third-order valence-electron chi connectivity index (χ3n) is 3.72. The van der Waals surface area contributed by atoms with E-state index in [4.69, 9.17) is 4.42 Å². The minimum absolute atomic E-state index is 0.143. The van der Waals surface area contributed by atoms with Crippen LogP contribution in [0.25, 0.3) is 10.2 Å². The van der Waals surface area contributed by atoms with Crippen molar-refractivity contribution >= 4 is 33.3 Å². The van der Waals surface area contributed by atoms with Gasteiger partial charge in [0.25, 0.3) is 0 Å². The SMILES string of the molecule is CCn1c(=NC(=O)c2ccc([N+](=O)[O-])o2)sc2c(C)ccc(C)c21. The lowest BCUT2D eigenvalue weighted by atomic mass is 10.1. The summed E-state index contributed by atoms with van der Waals surface area (Å²) in [6.07, 6.45) is 0. The van der Waals surface area contributed by atoms with E-state index in [2.05, 4.69) is 4.99 Å². The van der Waals surface area contributed by atoms with Crippen molar-refractivity contribution in [3.8, 4) is 0 Å². The van der Waals surface area contributed by atoms with Crippen LogP contribution in [-0.4, -0.2) is 15.4 Å². The van der Waals surface area contributed by atoms with Crippen LogP contribution in [0, 0.1) is 24.0 Å². The Morgan fingerprint density at radius 1 is 1.29 bits per heavy atom. The lowest BCUT2D eigenvalue weighted by molar-refractivity contribution is -0.402. The number of furan rings is 1. The van der Waals surface area contributed by atoms with Crippen LogP contribution in [0.15, 0.2) is 33.7 Å². The molecule has 24 heavy (non-hydrogen) atoms. The molecule has 0 bridgehead atoms. The van der Waals surface area contributed by atoms with Crippen LogP contribution in [-0.2, 0) is 6.54 Å². The van der Waals surface area contributed by atoms with E-state index < -0.39 is 16.7 Å². The summed E-state index contributed by atoms with van der Waals surface area (Å²) in [5.41, 5.74) is 3.28. The molecule has 3 rings (SSSR count). The number of carbonyl (C=O) groups is 1. The molecule has 7 nitrogen and oxygen atoms in total. The molecule has 0 saturated heterocycles. The standard InChI is InChI=1S/C16H15N3O4S/c1-4-18-13-9(2)5-6-10(3)14(13)24-16(18)17-15(20)11-7-8-12(23-11)19(21)22/h5-8H,4H2,1-3H3. The maximum Gasteiger partial charge on any atom is 0.433 e. The van der Waals surface area contributed by atoms with E-state index in [1.165, 1.54) is 17.4 Å². The van der Waals surface area contributed by atoms with Crippen molar-refractivity contribution in [2.75, 3.05) is 0 Å². The van der Waals surface area contributed by atoms with Gasteiger partial charge in [-0.3, -0.25) is 14.9 Å². The Hall–Kier alpha value is -2.74. The van der Waals surface area contributed by atoms with Crippen LogP contribution >= 0.6 is 11.3 Å². The molecule has 0 fully saturated rings. The van der Waals surface area contributed by atoms with Gasteiger partial charge >= 0.3 is 11.8 Å². The molecule has 3 aromatic rings. The number of aromatic nitrogens is 1. The average molecular weight is 345 g/mol. The number of rotatable bonds is 3. The molecule has 0 radical (unpaired) electrons. The zero-order chi connectivity index (χ0) is 17.4. The summed E-state index contributed by atoms with van der Waals surface area (Å²) in [6, 6.07) is 6.49. The number of thiazole rings is 1. The number of nitro groups is 1. The summed E-state index contributed by atoms with van der Waals surface area (Å²) in [5, 5.41) is 10.7. The summed E-state index contributed by atoms with van der Waals surface area (Å²) in [4.78, 5) is 26.9. The van der Waals surface area contributed by atoms with E-state index >= 15 is 0 Å². The molecule has 2 aromatic heterocycles. The Labute approximate surface area is 141 Å².